The van der Waals surface area contributed by atoms with Crippen molar-refractivity contribution in [3.05, 3.63) is 30.3 Å². The lowest BCUT2D eigenvalue weighted by Gasteiger charge is -2.03. The maximum Gasteiger partial charge on any atom is 0.306 e. The van der Waals surface area contributed by atoms with Crippen molar-refractivity contribution in [1.82, 2.24) is 0 Å². The van der Waals surface area contributed by atoms with E-state index in [1.54, 1.807) is 18.2 Å². The summed E-state index contributed by atoms with van der Waals surface area (Å²) in [5.41, 5.74) is 0.604. The molecule has 0 saturated heterocycles. The van der Waals surface area contributed by atoms with Crippen LogP contribution in [-0.4, -0.2) is 19.0 Å². The fourth-order valence-corrected chi connectivity index (χ4v) is 1.00. The van der Waals surface area contributed by atoms with Crippen LogP contribution in [0.2, 0.25) is 0 Å². The van der Waals surface area contributed by atoms with Gasteiger partial charge in [-0.3, -0.25) is 9.59 Å². The first-order valence-electron chi connectivity index (χ1n) is 4.56. The van der Waals surface area contributed by atoms with Gasteiger partial charge in [0.05, 0.1) is 13.5 Å². The van der Waals surface area contributed by atoms with Gasteiger partial charge in [0.1, 0.15) is 0 Å². The summed E-state index contributed by atoms with van der Waals surface area (Å²) in [5.74, 6) is -0.606. The molecule has 0 spiro atoms. The molecule has 0 heterocycles. The maximum absolute atomic E-state index is 11.3. The van der Waals surface area contributed by atoms with E-state index in [1.807, 2.05) is 6.07 Å². The van der Waals surface area contributed by atoms with Crippen LogP contribution in [0.25, 0.3) is 0 Å². The van der Waals surface area contributed by atoms with Crippen LogP contribution >= 0.6 is 0 Å². The summed E-state index contributed by atoms with van der Waals surface area (Å²) >= 11 is 0. The Morgan fingerprint density at radius 1 is 1.40 bits per heavy atom. The molecule has 4 heteroatoms. The molecule has 1 amide bonds. The number of benzene rings is 1. The summed E-state index contributed by atoms with van der Waals surface area (Å²) in [4.78, 5) is 22.1. The quantitative estimate of drug-likeness (QED) is 0.757. The fraction of sp³-hybridized carbons (Fsp3) is 0.273. The highest BCUT2D eigenvalue weighted by molar-refractivity contribution is 5.92. The average molecular weight is 206 g/mol. The van der Waals surface area contributed by atoms with E-state index in [0.29, 0.717) is 5.69 Å². The number of carbonyl (C=O) groups is 2. The number of carbonyl (C=O) groups excluding carboxylic acids is 2. The molecule has 1 aromatic rings. The Balaban J connectivity index is 2.34. The van der Waals surface area contributed by atoms with Crippen LogP contribution < -0.4 is 5.32 Å². The first kappa shape index (κ1) is 11.2. The van der Waals surface area contributed by atoms with Gasteiger partial charge < -0.3 is 10.1 Å². The largest absolute Gasteiger partial charge is 0.469 e. The lowest BCUT2D eigenvalue weighted by molar-refractivity contribution is -0.141. The molecule has 0 aliphatic rings. The van der Waals surface area contributed by atoms with Crippen molar-refractivity contribution in [2.45, 2.75) is 12.8 Å². The number of methoxy groups -OCH3 is 1. The number of hydrogen-bond donors (Lipinski definition) is 1. The number of esters is 1. The molecule has 1 aromatic carbocycles. The van der Waals surface area contributed by atoms with Crippen LogP contribution in [0.3, 0.4) is 0 Å². The molecule has 79 valence electrons. The van der Waals surface area contributed by atoms with Crippen molar-refractivity contribution in [3.63, 3.8) is 0 Å². The van der Waals surface area contributed by atoms with Crippen molar-refractivity contribution in [2.75, 3.05) is 12.4 Å². The summed E-state index contributed by atoms with van der Waals surface area (Å²) in [6.45, 7) is 0. The lowest BCUT2D eigenvalue weighted by Crippen LogP contribution is -2.13. The minimum Gasteiger partial charge on any atom is -0.469 e. The summed E-state index contributed by atoms with van der Waals surface area (Å²) in [6.07, 6.45) is 0.213. The number of nitrogens with one attached hydrogen (secondary N) is 1. The lowest BCUT2D eigenvalue weighted by atomic mass is 10.2. The number of amides is 1. The number of para-hydroxylation sites is 1. The third-order valence-corrected chi connectivity index (χ3v) is 1.77. The Labute approximate surface area is 88.2 Å². The summed E-state index contributed by atoms with van der Waals surface area (Å²) in [5, 5.41) is 2.62. The monoisotopic (exact) mass is 206 g/mol. The molecule has 15 heavy (non-hydrogen) atoms. The minimum atomic E-state index is -0.387. The Morgan fingerprint density at radius 2 is 2.20 bits per heavy atom. The smallest absolute Gasteiger partial charge is 0.306 e. The zero-order chi connectivity index (χ0) is 11.1. The molecule has 0 aromatic heterocycles. The normalized spacial score (nSPS) is 9.40. The fourth-order valence-electron chi connectivity index (χ4n) is 1.00. The van der Waals surface area contributed by atoms with Crippen LogP contribution in [0.15, 0.2) is 24.3 Å². The van der Waals surface area contributed by atoms with Gasteiger partial charge in [0.15, 0.2) is 0 Å². The average Bonchev–Trinajstić information content (AvgIpc) is 2.27. The Kier molecular flexibility index (Phi) is 4.34. The number of anilines is 1. The summed E-state index contributed by atoms with van der Waals surface area (Å²) < 4.78 is 4.42. The van der Waals surface area contributed by atoms with Gasteiger partial charge in [0.25, 0.3) is 0 Å². The van der Waals surface area contributed by atoms with E-state index in [4.69, 9.17) is 0 Å². The molecule has 0 unspecified atom stereocenters. The molecule has 4 nitrogen and oxygen atoms in total. The standard InChI is InChI=1S/C11H12NO3/c1-15-11(14)8-7-10(13)12-9-5-3-2-4-6-9/h2-5H,7-8H2,1H3,(H,12,13). The minimum absolute atomic E-state index is 0.0924. The topological polar surface area (TPSA) is 55.4 Å². The van der Waals surface area contributed by atoms with Gasteiger partial charge >= 0.3 is 5.97 Å². The van der Waals surface area contributed by atoms with Gasteiger partial charge in [-0.1, -0.05) is 18.2 Å². The van der Waals surface area contributed by atoms with Crippen LogP contribution in [-0.2, 0) is 14.3 Å². The molecular weight excluding hydrogens is 194 g/mol. The molecule has 0 aliphatic heterocycles. The van der Waals surface area contributed by atoms with Crippen LogP contribution in [0.5, 0.6) is 0 Å². The van der Waals surface area contributed by atoms with Crippen LogP contribution in [0.4, 0.5) is 5.69 Å². The summed E-state index contributed by atoms with van der Waals surface area (Å²) in [6, 6.07) is 9.90. The molecule has 1 N–H and O–H groups in total. The third-order valence-electron chi connectivity index (χ3n) is 1.77. The predicted molar refractivity (Wildman–Crippen MR) is 55.2 cm³/mol. The van der Waals surface area contributed by atoms with Crippen molar-refractivity contribution in [1.29, 1.82) is 0 Å². The van der Waals surface area contributed by atoms with E-state index >= 15 is 0 Å². The van der Waals surface area contributed by atoms with E-state index < -0.39 is 0 Å². The second-order valence-corrected chi connectivity index (χ2v) is 2.90. The first-order valence-corrected chi connectivity index (χ1v) is 4.56. The van der Waals surface area contributed by atoms with Gasteiger partial charge in [-0.2, -0.15) is 0 Å². The van der Waals surface area contributed by atoms with E-state index in [9.17, 15) is 9.59 Å². The summed E-state index contributed by atoms with van der Waals surface area (Å²) in [7, 11) is 1.30. The van der Waals surface area contributed by atoms with Gasteiger partial charge in [0, 0.05) is 18.2 Å². The Hall–Kier alpha value is -1.84. The molecule has 0 fully saturated rings. The predicted octanol–water partition coefficient (Wildman–Crippen LogP) is 1.38. The molecule has 1 rings (SSSR count). The number of ether oxygens (including phenoxy) is 1. The molecular formula is C11H12NO3. The van der Waals surface area contributed by atoms with E-state index in [2.05, 4.69) is 16.1 Å². The highest BCUT2D eigenvalue weighted by atomic mass is 16.5. The highest BCUT2D eigenvalue weighted by Crippen LogP contribution is 2.05. The van der Waals surface area contributed by atoms with Crippen molar-refractivity contribution >= 4 is 17.6 Å². The van der Waals surface area contributed by atoms with Gasteiger partial charge in [-0.15, -0.1) is 0 Å². The van der Waals surface area contributed by atoms with Crippen LogP contribution in [0, 0.1) is 6.07 Å². The first-order chi connectivity index (χ1) is 7.22. The molecule has 0 atom stereocenters. The second kappa shape index (κ2) is 5.80. The van der Waals surface area contributed by atoms with E-state index in [0.717, 1.165) is 0 Å². The molecule has 1 radical (unpaired) electrons. The SMILES string of the molecule is COC(=O)CCC(=O)Nc1[c]cccc1. The van der Waals surface area contributed by atoms with Crippen LogP contribution in [0.1, 0.15) is 12.8 Å². The zero-order valence-corrected chi connectivity index (χ0v) is 8.45. The van der Waals surface area contributed by atoms with E-state index in [1.165, 1.54) is 7.11 Å². The highest BCUT2D eigenvalue weighted by Gasteiger charge is 2.06. The van der Waals surface area contributed by atoms with Gasteiger partial charge in [-0.25, -0.2) is 0 Å². The van der Waals surface area contributed by atoms with Crippen molar-refractivity contribution in [2.24, 2.45) is 0 Å². The number of rotatable bonds is 4. The Morgan fingerprint density at radius 3 is 2.80 bits per heavy atom. The number of hydrogen-bond acceptors (Lipinski definition) is 3. The molecule has 0 saturated carbocycles. The van der Waals surface area contributed by atoms with Crippen molar-refractivity contribution < 1.29 is 14.3 Å². The third kappa shape index (κ3) is 4.26. The zero-order valence-electron chi connectivity index (χ0n) is 8.45. The Bertz CT molecular complexity index is 335. The molecule has 0 bridgehead atoms. The van der Waals surface area contributed by atoms with Gasteiger partial charge in [0.2, 0.25) is 5.91 Å². The molecule has 0 aliphatic carbocycles. The maximum atomic E-state index is 11.3. The van der Waals surface area contributed by atoms with Crippen molar-refractivity contribution in [3.8, 4) is 0 Å². The van der Waals surface area contributed by atoms with Gasteiger partial charge in [-0.05, 0) is 6.07 Å². The second-order valence-electron chi connectivity index (χ2n) is 2.90. The van der Waals surface area contributed by atoms with E-state index in [-0.39, 0.29) is 24.7 Å².